The standard InChI is InChI=1S/C28H29F2N3O4S2/c1-18-16-33(24-5-3-4-6-26(24)38-17-18)28(34)21-11-13-32(14-12-21)39(35,36)27-19(2)31-37-25(27)10-8-20-7-9-22(29)15-23(20)30/h3-10,15,18,21H,11-14,16-17H2,1-2H3/b10-8+/t18-/m1/s1. The van der Waals surface area contributed by atoms with E-state index in [0.29, 0.717) is 25.3 Å². The molecule has 1 atom stereocenters. The molecule has 1 amide bonds. The number of carbonyl (C=O) groups excluding carboxylic acids is 1. The summed E-state index contributed by atoms with van der Waals surface area (Å²) in [6.07, 6.45) is 3.43. The van der Waals surface area contributed by atoms with Gasteiger partial charge in [0.25, 0.3) is 0 Å². The minimum Gasteiger partial charge on any atom is -0.355 e. The number of aryl methyl sites for hydroxylation is 1. The van der Waals surface area contributed by atoms with Crippen LogP contribution in [0, 0.1) is 30.4 Å². The van der Waals surface area contributed by atoms with Crippen molar-refractivity contribution in [3.05, 3.63) is 71.1 Å². The molecule has 5 rings (SSSR count). The zero-order valence-electron chi connectivity index (χ0n) is 21.6. The summed E-state index contributed by atoms with van der Waals surface area (Å²) < 4.78 is 61.1. The zero-order valence-corrected chi connectivity index (χ0v) is 23.3. The van der Waals surface area contributed by atoms with Gasteiger partial charge in [-0.25, -0.2) is 17.2 Å². The Hall–Kier alpha value is -3.02. The minimum absolute atomic E-state index is 0.0277. The second-order valence-corrected chi connectivity index (χ2v) is 12.9. The van der Waals surface area contributed by atoms with Gasteiger partial charge >= 0.3 is 0 Å². The normalized spacial score (nSPS) is 19.3. The Morgan fingerprint density at radius 3 is 2.62 bits per heavy atom. The molecule has 2 aliphatic rings. The van der Waals surface area contributed by atoms with Crippen LogP contribution in [-0.2, 0) is 14.8 Å². The summed E-state index contributed by atoms with van der Waals surface area (Å²) in [6, 6.07) is 11.0. The monoisotopic (exact) mass is 573 g/mol. The lowest BCUT2D eigenvalue weighted by Gasteiger charge is -2.34. The number of sulfonamides is 1. The highest BCUT2D eigenvalue weighted by molar-refractivity contribution is 7.99. The predicted octanol–water partition coefficient (Wildman–Crippen LogP) is 5.61. The maximum absolute atomic E-state index is 14.0. The molecular weight excluding hydrogens is 544 g/mol. The van der Waals surface area contributed by atoms with E-state index in [1.54, 1.807) is 11.8 Å². The maximum Gasteiger partial charge on any atom is 0.248 e. The highest BCUT2D eigenvalue weighted by Crippen LogP contribution is 2.37. The van der Waals surface area contributed by atoms with E-state index in [4.69, 9.17) is 4.52 Å². The van der Waals surface area contributed by atoms with Gasteiger partial charge in [0.1, 0.15) is 17.3 Å². The fourth-order valence-electron chi connectivity index (χ4n) is 5.00. The average Bonchev–Trinajstić information content (AvgIpc) is 3.21. The Kier molecular flexibility index (Phi) is 7.93. The molecule has 1 aromatic heterocycles. The molecule has 0 radical (unpaired) electrons. The SMILES string of the molecule is Cc1noc(/C=C/c2ccc(F)cc2F)c1S(=O)(=O)N1CCC(C(=O)N2C[C@@H](C)CSc3ccccc32)CC1. The fraction of sp³-hybridized carbons (Fsp3) is 0.357. The lowest BCUT2D eigenvalue weighted by molar-refractivity contribution is -0.123. The molecule has 0 saturated carbocycles. The van der Waals surface area contributed by atoms with Crippen LogP contribution in [0.25, 0.3) is 12.2 Å². The van der Waals surface area contributed by atoms with E-state index in [9.17, 15) is 22.0 Å². The van der Waals surface area contributed by atoms with Crippen molar-refractivity contribution in [2.75, 3.05) is 30.3 Å². The molecule has 3 aromatic rings. The summed E-state index contributed by atoms with van der Waals surface area (Å²) in [4.78, 5) is 16.5. The van der Waals surface area contributed by atoms with Gasteiger partial charge in [-0.3, -0.25) is 4.79 Å². The highest BCUT2D eigenvalue weighted by Gasteiger charge is 2.38. The molecule has 3 heterocycles. The van der Waals surface area contributed by atoms with Crippen LogP contribution in [0.15, 0.2) is 56.8 Å². The smallest absolute Gasteiger partial charge is 0.248 e. The summed E-state index contributed by atoms with van der Waals surface area (Å²) in [5.74, 6) is -0.526. The molecule has 39 heavy (non-hydrogen) atoms. The van der Waals surface area contributed by atoms with Crippen molar-refractivity contribution in [2.24, 2.45) is 11.8 Å². The van der Waals surface area contributed by atoms with E-state index < -0.39 is 21.7 Å². The highest BCUT2D eigenvalue weighted by atomic mass is 32.2. The number of halogens is 2. The van der Waals surface area contributed by atoms with Crippen LogP contribution in [0.1, 0.15) is 36.8 Å². The Balaban J connectivity index is 1.32. The number of aromatic nitrogens is 1. The number of para-hydroxylation sites is 1. The molecule has 0 bridgehead atoms. The number of fused-ring (bicyclic) bond motifs is 1. The van der Waals surface area contributed by atoms with E-state index in [1.165, 1.54) is 29.4 Å². The molecule has 2 aliphatic heterocycles. The van der Waals surface area contributed by atoms with Gasteiger partial charge < -0.3 is 9.42 Å². The number of benzene rings is 2. The number of thioether (sulfide) groups is 1. The molecule has 0 N–H and O–H groups in total. The van der Waals surface area contributed by atoms with Crippen molar-refractivity contribution in [2.45, 2.75) is 36.5 Å². The molecule has 0 spiro atoms. The number of piperidine rings is 1. The Bertz CT molecular complexity index is 1510. The number of amides is 1. The first-order chi connectivity index (χ1) is 18.6. The maximum atomic E-state index is 14.0. The number of rotatable bonds is 5. The molecule has 0 aliphatic carbocycles. The van der Waals surface area contributed by atoms with Crippen molar-refractivity contribution in [1.82, 2.24) is 9.46 Å². The first kappa shape index (κ1) is 27.5. The summed E-state index contributed by atoms with van der Waals surface area (Å²) >= 11 is 1.75. The fourth-order valence-corrected chi connectivity index (χ4v) is 7.79. The van der Waals surface area contributed by atoms with Gasteiger partial charge in [-0.05, 0) is 62.1 Å². The molecule has 11 heteroatoms. The molecule has 1 fully saturated rings. The van der Waals surface area contributed by atoms with Crippen LogP contribution in [0.5, 0.6) is 0 Å². The number of nitrogens with zero attached hydrogens (tertiary/aromatic N) is 3. The Morgan fingerprint density at radius 2 is 1.87 bits per heavy atom. The van der Waals surface area contributed by atoms with Crippen LogP contribution >= 0.6 is 11.8 Å². The zero-order chi connectivity index (χ0) is 27.7. The molecule has 2 aromatic carbocycles. The van der Waals surface area contributed by atoms with Gasteiger partial charge in [-0.15, -0.1) is 11.8 Å². The molecule has 7 nitrogen and oxygen atoms in total. The number of hydrogen-bond acceptors (Lipinski definition) is 6. The van der Waals surface area contributed by atoms with Gasteiger partial charge in [-0.2, -0.15) is 4.31 Å². The van der Waals surface area contributed by atoms with E-state index in [0.717, 1.165) is 28.5 Å². The quantitative estimate of drug-likeness (QED) is 0.395. The predicted molar refractivity (Wildman–Crippen MR) is 147 cm³/mol. The first-order valence-corrected chi connectivity index (χ1v) is 15.2. The second-order valence-electron chi connectivity index (χ2n) is 9.97. The largest absolute Gasteiger partial charge is 0.355 e. The topological polar surface area (TPSA) is 83.7 Å². The lowest BCUT2D eigenvalue weighted by Crippen LogP contribution is -2.45. The van der Waals surface area contributed by atoms with Crippen LogP contribution in [0.4, 0.5) is 14.5 Å². The van der Waals surface area contributed by atoms with Gasteiger partial charge in [0, 0.05) is 47.8 Å². The van der Waals surface area contributed by atoms with Crippen LogP contribution in [0.3, 0.4) is 0 Å². The Morgan fingerprint density at radius 1 is 1.13 bits per heavy atom. The molecule has 1 saturated heterocycles. The molecular formula is C28H29F2N3O4S2. The van der Waals surface area contributed by atoms with Crippen molar-refractivity contribution in [1.29, 1.82) is 0 Å². The number of carbonyl (C=O) groups is 1. The van der Waals surface area contributed by atoms with Gasteiger partial charge in [0.2, 0.25) is 15.9 Å². The number of anilines is 1. The number of hydrogen-bond donors (Lipinski definition) is 0. The third kappa shape index (κ3) is 5.66. The summed E-state index contributed by atoms with van der Waals surface area (Å²) in [5.41, 5.74) is 1.18. The van der Waals surface area contributed by atoms with Gasteiger partial charge in [0.05, 0.1) is 5.69 Å². The van der Waals surface area contributed by atoms with E-state index in [2.05, 4.69) is 12.1 Å². The summed E-state index contributed by atoms with van der Waals surface area (Å²) in [6.45, 7) is 4.65. The first-order valence-electron chi connectivity index (χ1n) is 12.8. The molecule has 206 valence electrons. The van der Waals surface area contributed by atoms with Crippen molar-refractivity contribution < 1.29 is 26.5 Å². The summed E-state index contributed by atoms with van der Waals surface area (Å²) in [5, 5.41) is 3.82. The van der Waals surface area contributed by atoms with Crippen LogP contribution < -0.4 is 4.90 Å². The van der Waals surface area contributed by atoms with Crippen LogP contribution in [0.2, 0.25) is 0 Å². The van der Waals surface area contributed by atoms with Crippen molar-refractivity contribution in [3.8, 4) is 0 Å². The molecule has 0 unspecified atom stereocenters. The third-order valence-corrected chi connectivity index (χ3v) is 10.5. The van der Waals surface area contributed by atoms with Crippen molar-refractivity contribution in [3.63, 3.8) is 0 Å². The lowest BCUT2D eigenvalue weighted by atomic mass is 9.95. The van der Waals surface area contributed by atoms with E-state index in [1.807, 2.05) is 29.2 Å². The second kappa shape index (κ2) is 11.2. The van der Waals surface area contributed by atoms with E-state index >= 15 is 0 Å². The third-order valence-electron chi connectivity index (χ3n) is 7.05. The van der Waals surface area contributed by atoms with Crippen molar-refractivity contribution >= 4 is 45.5 Å². The Labute approximate surface area is 230 Å². The minimum atomic E-state index is -3.99. The van der Waals surface area contributed by atoms with Gasteiger partial charge in [-0.1, -0.05) is 24.2 Å². The average molecular weight is 574 g/mol. The summed E-state index contributed by atoms with van der Waals surface area (Å²) in [7, 11) is -3.99. The van der Waals surface area contributed by atoms with Crippen LogP contribution in [-0.4, -0.2) is 49.2 Å². The van der Waals surface area contributed by atoms with Gasteiger partial charge in [0.15, 0.2) is 10.7 Å². The van der Waals surface area contributed by atoms with E-state index in [-0.39, 0.29) is 46.8 Å².